The van der Waals surface area contributed by atoms with Crippen LogP contribution >= 0.6 is 0 Å². The summed E-state index contributed by atoms with van der Waals surface area (Å²) in [5.41, 5.74) is 0. The zero-order chi connectivity index (χ0) is 12.0. The van der Waals surface area contributed by atoms with Crippen LogP contribution in [0.1, 0.15) is 12.8 Å². The third-order valence-corrected chi connectivity index (χ3v) is 3.41. The largest absolute Gasteiger partial charge is 0.320 e. The van der Waals surface area contributed by atoms with Gasteiger partial charge in [0.05, 0.1) is 5.75 Å². The van der Waals surface area contributed by atoms with Crippen LogP contribution in [-0.4, -0.2) is 37.5 Å². The van der Waals surface area contributed by atoms with Crippen LogP contribution < -0.4 is 10.0 Å². The summed E-state index contributed by atoms with van der Waals surface area (Å²) in [5.74, 6) is 0.502. The van der Waals surface area contributed by atoms with Gasteiger partial charge in [0.1, 0.15) is 0 Å². The number of unbranched alkanes of at least 4 members (excludes halogenated alkanes) is 1. The number of rotatable bonds is 7. The van der Waals surface area contributed by atoms with Crippen LogP contribution in [0.4, 0.5) is 5.82 Å². The van der Waals surface area contributed by atoms with Gasteiger partial charge in [0, 0.05) is 19.3 Å². The summed E-state index contributed by atoms with van der Waals surface area (Å²) in [6.07, 6.45) is 3.18. The Kier molecular flexibility index (Phi) is 4.75. The van der Waals surface area contributed by atoms with Gasteiger partial charge in [-0.05, 0) is 26.4 Å². The Morgan fingerprint density at radius 3 is 2.75 bits per heavy atom. The highest BCUT2D eigenvalue weighted by Crippen LogP contribution is 2.05. The van der Waals surface area contributed by atoms with Crippen molar-refractivity contribution in [1.82, 2.24) is 15.1 Å². The summed E-state index contributed by atoms with van der Waals surface area (Å²) in [5, 5.41) is 6.93. The van der Waals surface area contributed by atoms with Crippen LogP contribution in [0.25, 0.3) is 0 Å². The monoisotopic (exact) mass is 246 g/mol. The molecule has 0 saturated heterocycles. The van der Waals surface area contributed by atoms with Crippen molar-refractivity contribution >= 4 is 15.8 Å². The van der Waals surface area contributed by atoms with E-state index < -0.39 is 10.0 Å². The van der Waals surface area contributed by atoms with Crippen molar-refractivity contribution in [3.63, 3.8) is 0 Å². The fraction of sp³-hybridized carbons (Fsp3) is 0.667. The van der Waals surface area contributed by atoms with Gasteiger partial charge < -0.3 is 5.32 Å². The molecule has 7 heteroatoms. The second kappa shape index (κ2) is 5.86. The molecule has 2 N–H and O–H groups in total. The van der Waals surface area contributed by atoms with Gasteiger partial charge in [-0.2, -0.15) is 5.10 Å². The van der Waals surface area contributed by atoms with E-state index in [0.717, 1.165) is 13.0 Å². The Balaban J connectivity index is 2.40. The van der Waals surface area contributed by atoms with Crippen LogP contribution in [0.5, 0.6) is 0 Å². The molecule has 0 aromatic carbocycles. The van der Waals surface area contributed by atoms with Crippen molar-refractivity contribution in [2.24, 2.45) is 7.05 Å². The van der Waals surface area contributed by atoms with E-state index in [4.69, 9.17) is 0 Å². The second-order valence-electron chi connectivity index (χ2n) is 3.61. The highest BCUT2D eigenvalue weighted by Gasteiger charge is 2.10. The lowest BCUT2D eigenvalue weighted by Crippen LogP contribution is -2.18. The lowest BCUT2D eigenvalue weighted by Gasteiger charge is -2.04. The molecule has 1 aromatic rings. The van der Waals surface area contributed by atoms with E-state index in [-0.39, 0.29) is 5.75 Å². The molecule has 0 aliphatic rings. The maximum Gasteiger partial charge on any atom is 0.233 e. The maximum absolute atomic E-state index is 11.6. The van der Waals surface area contributed by atoms with E-state index in [1.54, 1.807) is 24.0 Å². The first-order valence-corrected chi connectivity index (χ1v) is 6.83. The molecule has 1 heterocycles. The van der Waals surface area contributed by atoms with Crippen LogP contribution in [0.2, 0.25) is 0 Å². The van der Waals surface area contributed by atoms with E-state index in [1.165, 1.54) is 0 Å². The molecule has 0 fully saturated rings. The lowest BCUT2D eigenvalue weighted by atomic mass is 10.3. The summed E-state index contributed by atoms with van der Waals surface area (Å²) < 4.78 is 27.2. The molecule has 92 valence electrons. The number of nitrogens with zero attached hydrogens (tertiary/aromatic N) is 2. The van der Waals surface area contributed by atoms with E-state index in [0.29, 0.717) is 12.2 Å². The minimum atomic E-state index is -3.26. The molecule has 0 unspecified atom stereocenters. The van der Waals surface area contributed by atoms with Gasteiger partial charge >= 0.3 is 0 Å². The van der Waals surface area contributed by atoms with E-state index >= 15 is 0 Å². The first kappa shape index (κ1) is 13.0. The summed E-state index contributed by atoms with van der Waals surface area (Å²) >= 11 is 0. The number of anilines is 1. The van der Waals surface area contributed by atoms with Crippen LogP contribution in [0.3, 0.4) is 0 Å². The van der Waals surface area contributed by atoms with Crippen molar-refractivity contribution in [3.8, 4) is 0 Å². The third kappa shape index (κ3) is 4.63. The van der Waals surface area contributed by atoms with Gasteiger partial charge in [-0.3, -0.25) is 9.40 Å². The lowest BCUT2D eigenvalue weighted by molar-refractivity contribution is 0.594. The number of hydrogen-bond donors (Lipinski definition) is 2. The fourth-order valence-electron chi connectivity index (χ4n) is 1.27. The summed E-state index contributed by atoms with van der Waals surface area (Å²) in [7, 11) is 0.333. The number of hydrogen-bond acceptors (Lipinski definition) is 4. The normalized spacial score (nSPS) is 11.6. The van der Waals surface area contributed by atoms with Crippen molar-refractivity contribution in [3.05, 3.63) is 12.3 Å². The first-order chi connectivity index (χ1) is 7.53. The maximum atomic E-state index is 11.6. The number of aromatic nitrogens is 2. The van der Waals surface area contributed by atoms with Crippen LogP contribution in [0, 0.1) is 0 Å². The first-order valence-electron chi connectivity index (χ1n) is 5.18. The summed E-state index contributed by atoms with van der Waals surface area (Å²) in [4.78, 5) is 0. The van der Waals surface area contributed by atoms with Crippen LogP contribution in [0.15, 0.2) is 12.3 Å². The van der Waals surface area contributed by atoms with E-state index in [1.807, 2.05) is 7.05 Å². The minimum Gasteiger partial charge on any atom is -0.320 e. The van der Waals surface area contributed by atoms with Crippen molar-refractivity contribution < 1.29 is 8.42 Å². The quantitative estimate of drug-likeness (QED) is 0.672. The third-order valence-electron chi connectivity index (χ3n) is 2.06. The number of nitrogens with one attached hydrogen (secondary N) is 2. The molecule has 1 rings (SSSR count). The predicted octanol–water partition coefficient (Wildman–Crippen LogP) is 0.161. The molecule has 1 aromatic heterocycles. The highest BCUT2D eigenvalue weighted by atomic mass is 32.2. The fourth-order valence-corrected chi connectivity index (χ4v) is 2.39. The summed E-state index contributed by atoms with van der Waals surface area (Å²) in [6.45, 7) is 0.832. The van der Waals surface area contributed by atoms with E-state index in [9.17, 15) is 8.42 Å². The molecule has 0 spiro atoms. The zero-order valence-corrected chi connectivity index (χ0v) is 10.4. The zero-order valence-electron chi connectivity index (χ0n) is 9.60. The molecule has 0 saturated carbocycles. The Hall–Kier alpha value is -1.08. The molecule has 0 amide bonds. The SMILES string of the molecule is CNCCCCS(=O)(=O)Nc1ccn(C)n1. The minimum absolute atomic E-state index is 0.130. The molecule has 0 radical (unpaired) electrons. The average molecular weight is 246 g/mol. The molecule has 0 aliphatic carbocycles. The van der Waals surface area contributed by atoms with Crippen LogP contribution in [-0.2, 0) is 17.1 Å². The van der Waals surface area contributed by atoms with Gasteiger partial charge in [0.25, 0.3) is 0 Å². The summed E-state index contributed by atoms with van der Waals surface area (Å²) in [6, 6.07) is 1.63. The van der Waals surface area contributed by atoms with Crippen molar-refractivity contribution in [2.45, 2.75) is 12.8 Å². The predicted molar refractivity (Wildman–Crippen MR) is 63.8 cm³/mol. The van der Waals surface area contributed by atoms with Crippen molar-refractivity contribution in [1.29, 1.82) is 0 Å². The highest BCUT2D eigenvalue weighted by molar-refractivity contribution is 7.92. The Morgan fingerprint density at radius 2 is 2.19 bits per heavy atom. The number of sulfonamides is 1. The Bertz CT molecular complexity index is 413. The molecule has 6 nitrogen and oxygen atoms in total. The van der Waals surface area contributed by atoms with Gasteiger partial charge in [0.15, 0.2) is 5.82 Å². The molecule has 0 aliphatic heterocycles. The second-order valence-corrected chi connectivity index (χ2v) is 5.45. The van der Waals surface area contributed by atoms with Gasteiger partial charge in [0.2, 0.25) is 10.0 Å². The Morgan fingerprint density at radius 1 is 1.44 bits per heavy atom. The molecule has 16 heavy (non-hydrogen) atoms. The molecule has 0 atom stereocenters. The van der Waals surface area contributed by atoms with Gasteiger partial charge in [-0.25, -0.2) is 8.42 Å². The standard InChI is InChI=1S/C9H18N4O2S/c1-10-6-3-4-8-16(14,15)12-9-5-7-13(2)11-9/h5,7,10H,3-4,6,8H2,1-2H3,(H,11,12). The molecule has 0 bridgehead atoms. The Labute approximate surface area is 96.1 Å². The number of aryl methyl sites for hydroxylation is 1. The molecular weight excluding hydrogens is 228 g/mol. The smallest absolute Gasteiger partial charge is 0.233 e. The topological polar surface area (TPSA) is 76.0 Å². The van der Waals surface area contributed by atoms with Gasteiger partial charge in [-0.1, -0.05) is 0 Å². The van der Waals surface area contributed by atoms with Gasteiger partial charge in [-0.15, -0.1) is 0 Å². The molecular formula is C9H18N4O2S. The average Bonchev–Trinajstić information content (AvgIpc) is 2.58. The van der Waals surface area contributed by atoms with Crippen molar-refractivity contribution in [2.75, 3.05) is 24.1 Å². The van der Waals surface area contributed by atoms with E-state index in [2.05, 4.69) is 15.1 Å².